The highest BCUT2D eigenvalue weighted by Crippen LogP contribution is 2.21. The molecule has 7 heteroatoms. The fraction of sp³-hybridized carbons (Fsp3) is 0.750. The Morgan fingerprint density at radius 1 is 1.37 bits per heavy atom. The molecule has 1 fully saturated rings. The number of hydrogen-bond acceptors (Lipinski definition) is 6. The molecule has 2 rings (SSSR count). The molecule has 0 atom stereocenters. The maximum absolute atomic E-state index is 11.9. The van der Waals surface area contributed by atoms with Gasteiger partial charge in [0, 0.05) is 25.0 Å². The Bertz CT molecular complexity index is 430. The van der Waals surface area contributed by atoms with Crippen molar-refractivity contribution in [3.05, 3.63) is 5.89 Å². The van der Waals surface area contributed by atoms with Crippen LogP contribution in [0, 0.1) is 0 Å². The van der Waals surface area contributed by atoms with Gasteiger partial charge in [-0.2, -0.15) is 4.98 Å². The van der Waals surface area contributed by atoms with E-state index in [1.54, 1.807) is 4.90 Å². The Hall–Kier alpha value is -1.63. The molecule has 106 valence electrons. The summed E-state index contributed by atoms with van der Waals surface area (Å²) >= 11 is 0. The normalized spacial score (nSPS) is 17.1. The van der Waals surface area contributed by atoms with E-state index in [1.165, 1.54) is 0 Å². The summed E-state index contributed by atoms with van der Waals surface area (Å²) < 4.78 is 10.2. The molecular formula is C12H20N4O3. The average molecular weight is 268 g/mol. The van der Waals surface area contributed by atoms with E-state index in [9.17, 15) is 4.79 Å². The van der Waals surface area contributed by atoms with E-state index in [2.05, 4.69) is 15.5 Å². The molecule has 1 saturated heterocycles. The summed E-state index contributed by atoms with van der Waals surface area (Å²) in [5.74, 6) is 0.452. The number of carbonyl (C=O) groups excluding carboxylic acids is 1. The highest BCUT2D eigenvalue weighted by atomic mass is 16.6. The summed E-state index contributed by atoms with van der Waals surface area (Å²) in [5.41, 5.74) is -0.260. The van der Waals surface area contributed by atoms with Crippen LogP contribution in [0.3, 0.4) is 0 Å². The fourth-order valence-corrected chi connectivity index (χ4v) is 1.73. The number of carbonyl (C=O) groups is 1. The van der Waals surface area contributed by atoms with Gasteiger partial charge in [0.15, 0.2) is 0 Å². The van der Waals surface area contributed by atoms with Crippen molar-refractivity contribution < 1.29 is 14.1 Å². The maximum Gasteiger partial charge on any atom is 0.417 e. The monoisotopic (exact) mass is 268 g/mol. The Kier molecular flexibility index (Phi) is 4.04. The second-order valence-corrected chi connectivity index (χ2v) is 5.59. The zero-order chi connectivity index (χ0) is 13.9. The van der Waals surface area contributed by atoms with E-state index in [-0.39, 0.29) is 11.4 Å². The lowest BCUT2D eigenvalue weighted by molar-refractivity contribution is 0.150. The largest absolute Gasteiger partial charge is 0.417 e. The van der Waals surface area contributed by atoms with E-state index in [0.29, 0.717) is 19.0 Å². The van der Waals surface area contributed by atoms with Gasteiger partial charge in [0.2, 0.25) is 5.89 Å². The molecule has 0 aliphatic carbocycles. The number of aromatic nitrogens is 2. The van der Waals surface area contributed by atoms with Crippen LogP contribution in [0.15, 0.2) is 4.52 Å². The van der Waals surface area contributed by atoms with Gasteiger partial charge < -0.3 is 19.5 Å². The molecule has 1 amide bonds. The SMILES string of the molecule is CC(C)(C)c1nc(OC(=O)N2CCCNCC2)no1. The second-order valence-electron chi connectivity index (χ2n) is 5.59. The van der Waals surface area contributed by atoms with Crippen LogP contribution in [-0.2, 0) is 5.41 Å². The molecule has 2 heterocycles. The zero-order valence-electron chi connectivity index (χ0n) is 11.6. The van der Waals surface area contributed by atoms with E-state index in [0.717, 1.165) is 19.5 Å². The number of nitrogens with one attached hydrogen (secondary N) is 1. The Balaban J connectivity index is 1.96. The number of rotatable bonds is 1. The van der Waals surface area contributed by atoms with Gasteiger partial charge in [-0.1, -0.05) is 20.8 Å². The number of hydrogen-bond donors (Lipinski definition) is 1. The quantitative estimate of drug-likeness (QED) is 0.823. The molecule has 19 heavy (non-hydrogen) atoms. The minimum absolute atomic E-state index is 0.0212. The molecule has 0 bridgehead atoms. The summed E-state index contributed by atoms with van der Waals surface area (Å²) in [6.45, 7) is 8.85. The van der Waals surface area contributed by atoms with Crippen LogP contribution >= 0.6 is 0 Å². The predicted octanol–water partition coefficient (Wildman–Crippen LogP) is 1.16. The van der Waals surface area contributed by atoms with Crippen molar-refractivity contribution in [3.63, 3.8) is 0 Å². The Morgan fingerprint density at radius 3 is 2.84 bits per heavy atom. The van der Waals surface area contributed by atoms with Crippen molar-refractivity contribution in [2.45, 2.75) is 32.6 Å². The van der Waals surface area contributed by atoms with Crippen molar-refractivity contribution in [1.29, 1.82) is 0 Å². The topological polar surface area (TPSA) is 80.5 Å². The molecule has 0 radical (unpaired) electrons. The highest BCUT2D eigenvalue weighted by molar-refractivity contribution is 5.69. The van der Waals surface area contributed by atoms with E-state index in [1.807, 2.05) is 20.8 Å². The van der Waals surface area contributed by atoms with Gasteiger partial charge in [-0.25, -0.2) is 4.79 Å². The van der Waals surface area contributed by atoms with Gasteiger partial charge >= 0.3 is 12.1 Å². The van der Waals surface area contributed by atoms with Crippen LogP contribution in [-0.4, -0.2) is 47.3 Å². The molecule has 0 aromatic carbocycles. The standard InChI is InChI=1S/C12H20N4O3/c1-12(2,3)9-14-10(15-19-9)18-11(17)16-7-4-5-13-6-8-16/h13H,4-8H2,1-3H3. The molecular weight excluding hydrogens is 248 g/mol. The number of amides is 1. The van der Waals surface area contributed by atoms with Crippen LogP contribution in [0.25, 0.3) is 0 Å². The predicted molar refractivity (Wildman–Crippen MR) is 68.1 cm³/mol. The number of nitrogens with zero attached hydrogens (tertiary/aromatic N) is 3. The zero-order valence-corrected chi connectivity index (χ0v) is 11.6. The van der Waals surface area contributed by atoms with E-state index >= 15 is 0 Å². The first-order valence-corrected chi connectivity index (χ1v) is 6.48. The first-order chi connectivity index (χ1) is 8.97. The Labute approximate surface area is 112 Å². The van der Waals surface area contributed by atoms with E-state index < -0.39 is 6.09 Å². The van der Waals surface area contributed by atoms with Crippen LogP contribution < -0.4 is 10.1 Å². The van der Waals surface area contributed by atoms with Crippen LogP contribution in [0.4, 0.5) is 4.79 Å². The minimum atomic E-state index is -0.426. The van der Waals surface area contributed by atoms with Crippen molar-refractivity contribution in [2.75, 3.05) is 26.2 Å². The summed E-state index contributed by atoms with van der Waals surface area (Å²) in [6.07, 6.45) is 0.485. The smallest absolute Gasteiger partial charge is 0.372 e. The summed E-state index contributed by atoms with van der Waals surface area (Å²) in [7, 11) is 0. The lowest BCUT2D eigenvalue weighted by Crippen LogP contribution is -2.36. The molecule has 0 spiro atoms. The van der Waals surface area contributed by atoms with Crippen LogP contribution in [0.1, 0.15) is 33.1 Å². The van der Waals surface area contributed by atoms with Crippen molar-refractivity contribution in [1.82, 2.24) is 20.4 Å². The average Bonchev–Trinajstić information content (AvgIpc) is 2.63. The van der Waals surface area contributed by atoms with Gasteiger partial charge in [0.05, 0.1) is 0 Å². The lowest BCUT2D eigenvalue weighted by Gasteiger charge is -2.17. The third-order valence-corrected chi connectivity index (χ3v) is 2.83. The van der Waals surface area contributed by atoms with Crippen LogP contribution in [0.5, 0.6) is 6.01 Å². The van der Waals surface area contributed by atoms with Gasteiger partial charge in [-0.05, 0) is 18.1 Å². The molecule has 0 unspecified atom stereocenters. The van der Waals surface area contributed by atoms with Gasteiger partial charge in [-0.3, -0.25) is 0 Å². The number of ether oxygens (including phenoxy) is 1. The second kappa shape index (κ2) is 5.56. The molecule has 1 N–H and O–H groups in total. The molecule has 1 aromatic heterocycles. The Morgan fingerprint density at radius 2 is 2.16 bits per heavy atom. The molecule has 1 aliphatic heterocycles. The molecule has 1 aliphatic rings. The third kappa shape index (κ3) is 3.66. The molecule has 1 aromatic rings. The first kappa shape index (κ1) is 13.8. The maximum atomic E-state index is 11.9. The highest BCUT2D eigenvalue weighted by Gasteiger charge is 2.24. The van der Waals surface area contributed by atoms with Crippen molar-refractivity contribution >= 4 is 6.09 Å². The lowest BCUT2D eigenvalue weighted by atomic mass is 9.97. The fourth-order valence-electron chi connectivity index (χ4n) is 1.73. The molecule has 0 saturated carbocycles. The van der Waals surface area contributed by atoms with Crippen LogP contribution in [0.2, 0.25) is 0 Å². The van der Waals surface area contributed by atoms with Gasteiger partial charge in [0.25, 0.3) is 0 Å². The van der Waals surface area contributed by atoms with Gasteiger partial charge in [-0.15, -0.1) is 0 Å². The third-order valence-electron chi connectivity index (χ3n) is 2.83. The molecule has 7 nitrogen and oxygen atoms in total. The van der Waals surface area contributed by atoms with Gasteiger partial charge in [0.1, 0.15) is 0 Å². The van der Waals surface area contributed by atoms with E-state index in [4.69, 9.17) is 9.26 Å². The minimum Gasteiger partial charge on any atom is -0.372 e. The first-order valence-electron chi connectivity index (χ1n) is 6.48. The summed E-state index contributed by atoms with van der Waals surface area (Å²) in [6, 6.07) is -0.0212. The summed E-state index contributed by atoms with van der Waals surface area (Å²) in [5, 5.41) is 6.89. The van der Waals surface area contributed by atoms with Crippen molar-refractivity contribution in [3.8, 4) is 6.01 Å². The summed E-state index contributed by atoms with van der Waals surface area (Å²) in [4.78, 5) is 17.7. The van der Waals surface area contributed by atoms with Crippen molar-refractivity contribution in [2.24, 2.45) is 0 Å².